The number of carbonyl (C=O) groups is 2. The molecule has 0 unspecified atom stereocenters. The molecule has 1 rings (SSSR count). The largest absolute Gasteiger partial charge is 0.298 e. The van der Waals surface area contributed by atoms with Gasteiger partial charge < -0.3 is 0 Å². The van der Waals surface area contributed by atoms with Crippen molar-refractivity contribution in [3.8, 4) is 0 Å². The summed E-state index contributed by atoms with van der Waals surface area (Å²) >= 11 is 0. The van der Waals surface area contributed by atoms with Crippen molar-refractivity contribution in [2.45, 2.75) is 0 Å². The first kappa shape index (κ1) is 8.40. The molecule has 12 heavy (non-hydrogen) atoms. The van der Waals surface area contributed by atoms with Gasteiger partial charge in [0.1, 0.15) is 12.6 Å². The maximum absolute atomic E-state index is 10.4. The lowest BCUT2D eigenvalue weighted by molar-refractivity contribution is 0.112. The third kappa shape index (κ3) is 1.66. The Kier molecular flexibility index (Phi) is 2.53. The molecule has 0 atom stereocenters. The number of aldehydes is 2. The van der Waals surface area contributed by atoms with E-state index in [4.69, 9.17) is 0 Å². The van der Waals surface area contributed by atoms with Gasteiger partial charge in [0.25, 0.3) is 0 Å². The monoisotopic (exact) mass is 160 g/mol. The van der Waals surface area contributed by atoms with Gasteiger partial charge in [-0.05, 0) is 23.8 Å². The van der Waals surface area contributed by atoms with Crippen LogP contribution in [0, 0.1) is 0 Å². The Bertz CT molecular complexity index is 262. The van der Waals surface area contributed by atoms with Gasteiger partial charge in [-0.3, -0.25) is 9.59 Å². The minimum absolute atomic E-state index is 0.495. The minimum atomic E-state index is 0.495. The number of hydrogen-bond donors (Lipinski definition) is 0. The smallest absolute Gasteiger partial charge is 0.150 e. The topological polar surface area (TPSA) is 34.1 Å². The second-order valence-corrected chi connectivity index (χ2v) is 2.37. The summed E-state index contributed by atoms with van der Waals surface area (Å²) in [5.74, 6) is 0. The van der Waals surface area contributed by atoms with Gasteiger partial charge in [-0.25, -0.2) is 0 Å². The molecule has 2 nitrogen and oxygen atoms in total. The summed E-state index contributed by atoms with van der Waals surface area (Å²) in [7, 11) is 0. The second-order valence-electron chi connectivity index (χ2n) is 2.37. The Morgan fingerprint density at radius 2 is 1.33 bits per heavy atom. The zero-order chi connectivity index (χ0) is 8.97. The predicted octanol–water partition coefficient (Wildman–Crippen LogP) is 1.95. The third-order valence-electron chi connectivity index (χ3n) is 1.51. The van der Waals surface area contributed by atoms with Crippen molar-refractivity contribution in [1.29, 1.82) is 0 Å². The van der Waals surface area contributed by atoms with Crippen LogP contribution < -0.4 is 0 Å². The van der Waals surface area contributed by atoms with E-state index >= 15 is 0 Å². The Balaban J connectivity index is 3.26. The molecule has 1 aromatic carbocycles. The Morgan fingerprint density at radius 1 is 0.917 bits per heavy atom. The summed E-state index contributed by atoms with van der Waals surface area (Å²) < 4.78 is 0. The van der Waals surface area contributed by atoms with E-state index in [1.807, 2.05) is 0 Å². The van der Waals surface area contributed by atoms with E-state index in [0.29, 0.717) is 23.7 Å². The van der Waals surface area contributed by atoms with Crippen LogP contribution >= 0.6 is 0 Å². The van der Waals surface area contributed by atoms with Crippen molar-refractivity contribution >= 4 is 18.6 Å². The zero-order valence-electron chi connectivity index (χ0n) is 6.49. The first-order valence-corrected chi connectivity index (χ1v) is 3.48. The lowest BCUT2D eigenvalue weighted by atomic mass is 10.1. The number of hydrogen-bond acceptors (Lipinski definition) is 2. The molecule has 0 fully saturated rings. The molecule has 0 aliphatic rings. The number of benzene rings is 1. The van der Waals surface area contributed by atoms with Crippen molar-refractivity contribution in [3.63, 3.8) is 0 Å². The maximum atomic E-state index is 10.4. The van der Waals surface area contributed by atoms with Gasteiger partial charge in [0, 0.05) is 11.1 Å². The van der Waals surface area contributed by atoms with Crippen LogP contribution in [-0.4, -0.2) is 12.6 Å². The van der Waals surface area contributed by atoms with Gasteiger partial charge in [0.15, 0.2) is 0 Å². The van der Waals surface area contributed by atoms with Crippen molar-refractivity contribution in [3.05, 3.63) is 41.5 Å². The molecule has 0 heterocycles. The van der Waals surface area contributed by atoms with Gasteiger partial charge in [0.2, 0.25) is 0 Å². The summed E-state index contributed by atoms with van der Waals surface area (Å²) in [6.07, 6.45) is 3.01. The third-order valence-corrected chi connectivity index (χ3v) is 1.51. The molecule has 0 aliphatic carbocycles. The normalized spacial score (nSPS) is 9.00. The van der Waals surface area contributed by atoms with Gasteiger partial charge in [-0.1, -0.05) is 12.7 Å². The maximum Gasteiger partial charge on any atom is 0.150 e. The van der Waals surface area contributed by atoms with Crippen molar-refractivity contribution in [2.24, 2.45) is 0 Å². The molecule has 0 saturated heterocycles. The van der Waals surface area contributed by atoms with E-state index in [1.54, 1.807) is 18.2 Å². The van der Waals surface area contributed by atoms with Crippen LogP contribution in [0.15, 0.2) is 24.8 Å². The molecular formula is C10H8O2. The van der Waals surface area contributed by atoms with E-state index in [0.717, 1.165) is 5.56 Å². The molecule has 0 spiro atoms. The molecule has 0 amide bonds. The lowest BCUT2D eigenvalue weighted by Crippen LogP contribution is -1.87. The van der Waals surface area contributed by atoms with E-state index in [9.17, 15) is 9.59 Å². The fourth-order valence-corrected chi connectivity index (χ4v) is 0.956. The van der Waals surface area contributed by atoms with Crippen LogP contribution in [0.2, 0.25) is 0 Å². The summed E-state index contributed by atoms with van der Waals surface area (Å²) in [4.78, 5) is 20.8. The van der Waals surface area contributed by atoms with Crippen LogP contribution in [0.5, 0.6) is 0 Å². The highest BCUT2D eigenvalue weighted by atomic mass is 16.1. The molecule has 0 bridgehead atoms. The zero-order valence-corrected chi connectivity index (χ0v) is 6.49. The van der Waals surface area contributed by atoms with Gasteiger partial charge in [-0.15, -0.1) is 0 Å². The van der Waals surface area contributed by atoms with E-state index < -0.39 is 0 Å². The number of carbonyl (C=O) groups excluding carboxylic acids is 2. The fraction of sp³-hybridized carbons (Fsp3) is 0. The highest BCUT2D eigenvalue weighted by Crippen LogP contribution is 2.08. The average Bonchev–Trinajstić information content (AvgIpc) is 2.16. The highest BCUT2D eigenvalue weighted by Gasteiger charge is 1.96. The highest BCUT2D eigenvalue weighted by molar-refractivity contribution is 5.83. The van der Waals surface area contributed by atoms with Crippen LogP contribution in [0.4, 0.5) is 0 Å². The molecule has 60 valence electrons. The minimum Gasteiger partial charge on any atom is -0.298 e. The first-order valence-electron chi connectivity index (χ1n) is 3.48. The van der Waals surface area contributed by atoms with Crippen LogP contribution in [0.1, 0.15) is 26.3 Å². The summed E-state index contributed by atoms with van der Waals surface area (Å²) in [5.41, 5.74) is 1.77. The summed E-state index contributed by atoms with van der Waals surface area (Å²) in [5, 5.41) is 0. The number of rotatable bonds is 3. The predicted molar refractivity (Wildman–Crippen MR) is 47.3 cm³/mol. The SMILES string of the molecule is C=Cc1cc(C=O)cc(C=O)c1. The van der Waals surface area contributed by atoms with Crippen molar-refractivity contribution in [1.82, 2.24) is 0 Å². The van der Waals surface area contributed by atoms with Gasteiger partial charge in [-0.2, -0.15) is 0 Å². The van der Waals surface area contributed by atoms with Crippen molar-refractivity contribution < 1.29 is 9.59 Å². The molecule has 0 aliphatic heterocycles. The average molecular weight is 160 g/mol. The first-order chi connectivity index (χ1) is 5.80. The van der Waals surface area contributed by atoms with E-state index in [2.05, 4.69) is 6.58 Å². The van der Waals surface area contributed by atoms with Crippen LogP contribution in [0.25, 0.3) is 6.08 Å². The molecule has 0 radical (unpaired) electrons. The van der Waals surface area contributed by atoms with E-state index in [-0.39, 0.29) is 0 Å². The van der Waals surface area contributed by atoms with Crippen LogP contribution in [-0.2, 0) is 0 Å². The van der Waals surface area contributed by atoms with Gasteiger partial charge in [0.05, 0.1) is 0 Å². The Labute approximate surface area is 70.5 Å². The Hall–Kier alpha value is -1.70. The summed E-state index contributed by atoms with van der Waals surface area (Å²) in [6, 6.07) is 4.88. The molecule has 0 N–H and O–H groups in total. The van der Waals surface area contributed by atoms with Gasteiger partial charge >= 0.3 is 0 Å². The van der Waals surface area contributed by atoms with Crippen LogP contribution in [0.3, 0.4) is 0 Å². The van der Waals surface area contributed by atoms with Crippen molar-refractivity contribution in [2.75, 3.05) is 0 Å². The fourth-order valence-electron chi connectivity index (χ4n) is 0.956. The second kappa shape index (κ2) is 3.62. The molecular weight excluding hydrogens is 152 g/mol. The molecule has 1 aromatic rings. The standard InChI is InChI=1S/C10H8O2/c1-2-8-3-9(6-11)5-10(4-8)7-12/h2-7H,1H2. The molecule has 2 heteroatoms. The summed E-state index contributed by atoms with van der Waals surface area (Å²) in [6.45, 7) is 3.55. The Morgan fingerprint density at radius 3 is 1.67 bits per heavy atom. The molecule has 0 saturated carbocycles. The lowest BCUT2D eigenvalue weighted by Gasteiger charge is -1.96. The quantitative estimate of drug-likeness (QED) is 0.633. The van der Waals surface area contributed by atoms with E-state index in [1.165, 1.54) is 6.07 Å². The molecule has 0 aromatic heterocycles.